The molecular formula is C16H24N2O. The maximum atomic E-state index is 12.3. The second kappa shape index (κ2) is 6.20. The molecule has 0 aliphatic carbocycles. The molecule has 0 aromatic heterocycles. The quantitative estimate of drug-likeness (QED) is 0.830. The molecule has 0 spiro atoms. The van der Waals surface area contributed by atoms with Gasteiger partial charge in [-0.15, -0.1) is 0 Å². The van der Waals surface area contributed by atoms with Crippen LogP contribution in [-0.4, -0.2) is 41.9 Å². The van der Waals surface area contributed by atoms with Gasteiger partial charge in [0.2, 0.25) is 5.91 Å². The first-order valence-electron chi connectivity index (χ1n) is 7.11. The highest BCUT2D eigenvalue weighted by Crippen LogP contribution is 2.20. The van der Waals surface area contributed by atoms with Crippen LogP contribution in [-0.2, 0) is 11.3 Å². The maximum absolute atomic E-state index is 12.3. The van der Waals surface area contributed by atoms with Gasteiger partial charge in [0.1, 0.15) is 0 Å². The molecule has 104 valence electrons. The van der Waals surface area contributed by atoms with Crippen molar-refractivity contribution in [3.05, 3.63) is 35.9 Å². The van der Waals surface area contributed by atoms with Crippen molar-refractivity contribution >= 4 is 5.91 Å². The van der Waals surface area contributed by atoms with Crippen molar-refractivity contribution in [1.29, 1.82) is 0 Å². The molecule has 1 atom stereocenters. The lowest BCUT2D eigenvalue weighted by Crippen LogP contribution is -2.55. The first-order chi connectivity index (χ1) is 9.08. The van der Waals surface area contributed by atoms with Gasteiger partial charge in [-0.25, -0.2) is 0 Å². The highest BCUT2D eigenvalue weighted by atomic mass is 16.2. The summed E-state index contributed by atoms with van der Waals surface area (Å²) < 4.78 is 0. The predicted octanol–water partition coefficient (Wildman–Crippen LogP) is 2.38. The molecule has 1 fully saturated rings. The Morgan fingerprint density at radius 1 is 1.21 bits per heavy atom. The van der Waals surface area contributed by atoms with Crippen LogP contribution >= 0.6 is 0 Å². The zero-order chi connectivity index (χ0) is 13.8. The lowest BCUT2D eigenvalue weighted by molar-refractivity contribution is -0.141. The summed E-state index contributed by atoms with van der Waals surface area (Å²) >= 11 is 0. The Kier molecular flexibility index (Phi) is 4.59. The summed E-state index contributed by atoms with van der Waals surface area (Å²) in [7, 11) is 1.91. The lowest BCUT2D eigenvalue weighted by Gasteiger charge is -2.40. The number of likely N-dealkylation sites (N-methyl/N-ethyl adjacent to an activating group) is 1. The molecule has 0 radical (unpaired) electrons. The molecule has 2 rings (SSSR count). The summed E-state index contributed by atoms with van der Waals surface area (Å²) in [6.45, 7) is 7.04. The first-order valence-corrected chi connectivity index (χ1v) is 7.11. The number of benzene rings is 1. The Morgan fingerprint density at radius 3 is 2.53 bits per heavy atom. The number of carbonyl (C=O) groups excluding carboxylic acids is 1. The smallest absolute Gasteiger partial charge is 0.239 e. The van der Waals surface area contributed by atoms with Gasteiger partial charge < -0.3 is 4.90 Å². The number of nitrogens with zero attached hydrogens (tertiary/aromatic N) is 2. The standard InChI is InChI=1S/C16H24N2O/c1-13(2)11-15-16(19)17(3)9-10-18(15)12-14-7-5-4-6-8-14/h4-8,13,15H,9-12H2,1-3H3. The van der Waals surface area contributed by atoms with Gasteiger partial charge in [0, 0.05) is 26.7 Å². The van der Waals surface area contributed by atoms with E-state index in [2.05, 4.69) is 43.0 Å². The first kappa shape index (κ1) is 14.1. The molecular weight excluding hydrogens is 236 g/mol. The van der Waals surface area contributed by atoms with E-state index in [0.717, 1.165) is 26.1 Å². The van der Waals surface area contributed by atoms with Crippen molar-refractivity contribution in [2.24, 2.45) is 5.92 Å². The summed E-state index contributed by atoms with van der Waals surface area (Å²) in [6.07, 6.45) is 0.940. The van der Waals surface area contributed by atoms with E-state index in [1.165, 1.54) is 5.56 Å². The third kappa shape index (κ3) is 3.57. The van der Waals surface area contributed by atoms with Gasteiger partial charge in [0.15, 0.2) is 0 Å². The molecule has 0 saturated carbocycles. The third-order valence-corrected chi connectivity index (χ3v) is 3.75. The molecule has 0 N–H and O–H groups in total. The molecule has 1 aliphatic heterocycles. The lowest BCUT2D eigenvalue weighted by atomic mass is 9.98. The van der Waals surface area contributed by atoms with Crippen molar-refractivity contribution in [3.8, 4) is 0 Å². The number of piperazine rings is 1. The largest absolute Gasteiger partial charge is 0.343 e. The number of amides is 1. The van der Waals surface area contributed by atoms with Crippen molar-refractivity contribution < 1.29 is 4.79 Å². The number of hydrogen-bond acceptors (Lipinski definition) is 2. The Hall–Kier alpha value is -1.35. The molecule has 19 heavy (non-hydrogen) atoms. The van der Waals surface area contributed by atoms with Gasteiger partial charge in [-0.2, -0.15) is 0 Å². The van der Waals surface area contributed by atoms with E-state index < -0.39 is 0 Å². The molecule has 3 nitrogen and oxygen atoms in total. The Bertz CT molecular complexity index is 416. The Balaban J connectivity index is 2.10. The second-order valence-electron chi connectivity index (χ2n) is 5.86. The normalized spacial score (nSPS) is 21.2. The van der Waals surface area contributed by atoms with E-state index in [0.29, 0.717) is 5.92 Å². The Labute approximate surface area is 116 Å². The van der Waals surface area contributed by atoms with Gasteiger partial charge in [0.25, 0.3) is 0 Å². The van der Waals surface area contributed by atoms with Crippen LogP contribution in [0.5, 0.6) is 0 Å². The van der Waals surface area contributed by atoms with Gasteiger partial charge in [0.05, 0.1) is 6.04 Å². The maximum Gasteiger partial charge on any atom is 0.239 e. The van der Waals surface area contributed by atoms with Crippen LogP contribution in [0.3, 0.4) is 0 Å². The SMILES string of the molecule is CC(C)CC1C(=O)N(C)CCN1Cc1ccccc1. The van der Waals surface area contributed by atoms with E-state index >= 15 is 0 Å². The molecule has 1 saturated heterocycles. The minimum atomic E-state index is 0.0407. The topological polar surface area (TPSA) is 23.6 Å². The molecule has 1 amide bonds. The summed E-state index contributed by atoms with van der Waals surface area (Å²) in [4.78, 5) is 16.5. The summed E-state index contributed by atoms with van der Waals surface area (Å²) in [5.74, 6) is 0.814. The van der Waals surface area contributed by atoms with Crippen LogP contribution in [0, 0.1) is 5.92 Å². The van der Waals surface area contributed by atoms with Crippen LogP contribution in [0.4, 0.5) is 0 Å². The monoisotopic (exact) mass is 260 g/mol. The molecule has 0 bridgehead atoms. The third-order valence-electron chi connectivity index (χ3n) is 3.75. The van der Waals surface area contributed by atoms with E-state index in [-0.39, 0.29) is 11.9 Å². The predicted molar refractivity (Wildman–Crippen MR) is 77.7 cm³/mol. The van der Waals surface area contributed by atoms with Crippen molar-refractivity contribution in [3.63, 3.8) is 0 Å². The zero-order valence-electron chi connectivity index (χ0n) is 12.2. The molecule has 1 heterocycles. The highest BCUT2D eigenvalue weighted by molar-refractivity contribution is 5.82. The van der Waals surface area contributed by atoms with Crippen LogP contribution in [0.25, 0.3) is 0 Å². The average Bonchev–Trinajstić information content (AvgIpc) is 2.39. The van der Waals surface area contributed by atoms with Crippen LogP contribution in [0.15, 0.2) is 30.3 Å². The summed E-state index contributed by atoms with van der Waals surface area (Å²) in [5.41, 5.74) is 1.29. The number of carbonyl (C=O) groups is 1. The molecule has 3 heteroatoms. The molecule has 1 aromatic rings. The molecule has 1 aliphatic rings. The zero-order valence-corrected chi connectivity index (χ0v) is 12.2. The van der Waals surface area contributed by atoms with Crippen molar-refractivity contribution in [2.45, 2.75) is 32.9 Å². The fourth-order valence-electron chi connectivity index (χ4n) is 2.66. The van der Waals surface area contributed by atoms with Gasteiger partial charge in [-0.1, -0.05) is 44.2 Å². The number of rotatable bonds is 4. The molecule has 1 aromatic carbocycles. The van der Waals surface area contributed by atoms with E-state index in [4.69, 9.17) is 0 Å². The van der Waals surface area contributed by atoms with Gasteiger partial charge >= 0.3 is 0 Å². The molecule has 1 unspecified atom stereocenters. The van der Waals surface area contributed by atoms with E-state index in [9.17, 15) is 4.79 Å². The van der Waals surface area contributed by atoms with E-state index in [1.54, 1.807) is 0 Å². The number of hydrogen-bond donors (Lipinski definition) is 0. The highest BCUT2D eigenvalue weighted by Gasteiger charge is 2.33. The van der Waals surface area contributed by atoms with Crippen LogP contribution < -0.4 is 0 Å². The summed E-state index contributed by atoms with van der Waals surface area (Å²) in [6, 6.07) is 10.5. The van der Waals surface area contributed by atoms with E-state index in [1.807, 2.05) is 18.0 Å². The van der Waals surface area contributed by atoms with Gasteiger partial charge in [-0.05, 0) is 17.9 Å². The minimum absolute atomic E-state index is 0.0407. The van der Waals surface area contributed by atoms with Crippen LogP contribution in [0.1, 0.15) is 25.8 Å². The minimum Gasteiger partial charge on any atom is -0.343 e. The van der Waals surface area contributed by atoms with Crippen molar-refractivity contribution in [1.82, 2.24) is 9.80 Å². The fraction of sp³-hybridized carbons (Fsp3) is 0.562. The average molecular weight is 260 g/mol. The Morgan fingerprint density at radius 2 is 1.89 bits per heavy atom. The van der Waals surface area contributed by atoms with Gasteiger partial charge in [-0.3, -0.25) is 9.69 Å². The summed E-state index contributed by atoms with van der Waals surface area (Å²) in [5, 5.41) is 0. The van der Waals surface area contributed by atoms with Crippen LogP contribution in [0.2, 0.25) is 0 Å². The fourth-order valence-corrected chi connectivity index (χ4v) is 2.66. The second-order valence-corrected chi connectivity index (χ2v) is 5.86. The van der Waals surface area contributed by atoms with Crippen molar-refractivity contribution in [2.75, 3.05) is 20.1 Å².